The van der Waals surface area contributed by atoms with Crippen LogP contribution in [0, 0.1) is 0 Å². The summed E-state index contributed by atoms with van der Waals surface area (Å²) in [5.74, 6) is 0. The predicted octanol–water partition coefficient (Wildman–Crippen LogP) is 3.32. The summed E-state index contributed by atoms with van der Waals surface area (Å²) in [5, 5.41) is 2.66. The average Bonchev–Trinajstić information content (AvgIpc) is 2.79. The zero-order valence-electron chi connectivity index (χ0n) is 9.55. The Morgan fingerprint density at radius 1 is 1.28 bits per heavy atom. The number of fused-ring (bicyclic) bond motifs is 1. The molecule has 2 heterocycles. The van der Waals surface area contributed by atoms with E-state index in [-0.39, 0.29) is 5.56 Å². The number of hydrogen-bond acceptors (Lipinski definition) is 3. The topological polar surface area (TPSA) is 34.9 Å². The van der Waals surface area contributed by atoms with Gasteiger partial charge in [0.1, 0.15) is 4.70 Å². The highest BCUT2D eigenvalue weighted by atomic mass is 35.5. The second-order valence-corrected chi connectivity index (χ2v) is 5.31. The quantitative estimate of drug-likeness (QED) is 0.683. The first-order valence-electron chi connectivity index (χ1n) is 5.35. The van der Waals surface area contributed by atoms with Crippen molar-refractivity contribution in [3.8, 4) is 11.1 Å². The fourth-order valence-corrected chi connectivity index (χ4v) is 2.95. The average molecular weight is 277 g/mol. The van der Waals surface area contributed by atoms with Crippen molar-refractivity contribution in [2.45, 2.75) is 0 Å². The molecule has 0 spiro atoms. The standard InChI is InChI=1S/C13H9ClN2OS/c1-16-7-15-11-10(6-18-12(11)13(16)17)8-2-4-9(14)5-3-8/h2-7H,1H3. The number of hydrogen-bond donors (Lipinski definition) is 0. The molecular formula is C13H9ClN2OS. The minimum atomic E-state index is -0.00906. The molecule has 0 unspecified atom stereocenters. The van der Waals surface area contributed by atoms with Crippen LogP contribution in [0.5, 0.6) is 0 Å². The highest BCUT2D eigenvalue weighted by molar-refractivity contribution is 7.17. The van der Waals surface area contributed by atoms with Crippen LogP contribution in [0.25, 0.3) is 21.3 Å². The van der Waals surface area contributed by atoms with E-state index in [4.69, 9.17) is 11.6 Å². The predicted molar refractivity (Wildman–Crippen MR) is 75.3 cm³/mol. The third kappa shape index (κ3) is 1.74. The molecule has 0 atom stereocenters. The summed E-state index contributed by atoms with van der Waals surface area (Å²) in [4.78, 5) is 16.3. The SMILES string of the molecule is Cn1cnc2c(-c3ccc(Cl)cc3)csc2c1=O. The molecule has 0 saturated carbocycles. The third-order valence-electron chi connectivity index (χ3n) is 2.79. The van der Waals surface area contributed by atoms with Crippen LogP contribution in [-0.2, 0) is 7.05 Å². The number of thiophene rings is 1. The summed E-state index contributed by atoms with van der Waals surface area (Å²) in [6.07, 6.45) is 1.55. The van der Waals surface area contributed by atoms with E-state index in [1.54, 1.807) is 13.4 Å². The lowest BCUT2D eigenvalue weighted by atomic mass is 10.1. The maximum absolute atomic E-state index is 11.9. The highest BCUT2D eigenvalue weighted by Crippen LogP contribution is 2.31. The Morgan fingerprint density at radius 2 is 2.00 bits per heavy atom. The molecule has 0 radical (unpaired) electrons. The molecular weight excluding hydrogens is 268 g/mol. The summed E-state index contributed by atoms with van der Waals surface area (Å²) in [6, 6.07) is 7.54. The largest absolute Gasteiger partial charge is 0.301 e. The van der Waals surface area contributed by atoms with Crippen LogP contribution < -0.4 is 5.56 Å². The molecule has 5 heteroatoms. The normalized spacial score (nSPS) is 11.0. The Balaban J connectivity index is 2.28. The monoisotopic (exact) mass is 276 g/mol. The third-order valence-corrected chi connectivity index (χ3v) is 4.00. The van der Waals surface area contributed by atoms with Crippen molar-refractivity contribution in [3.63, 3.8) is 0 Å². The molecule has 18 heavy (non-hydrogen) atoms. The van der Waals surface area contributed by atoms with Gasteiger partial charge in [-0.1, -0.05) is 23.7 Å². The van der Waals surface area contributed by atoms with E-state index in [1.165, 1.54) is 15.9 Å². The van der Waals surface area contributed by atoms with Gasteiger partial charge < -0.3 is 4.57 Å². The molecule has 0 fully saturated rings. The van der Waals surface area contributed by atoms with E-state index in [2.05, 4.69) is 4.98 Å². The zero-order valence-corrected chi connectivity index (χ0v) is 11.1. The Morgan fingerprint density at radius 3 is 2.72 bits per heavy atom. The van der Waals surface area contributed by atoms with Gasteiger partial charge in [-0.05, 0) is 17.7 Å². The second-order valence-electron chi connectivity index (χ2n) is 3.99. The van der Waals surface area contributed by atoms with Crippen LogP contribution in [0.2, 0.25) is 5.02 Å². The first-order valence-corrected chi connectivity index (χ1v) is 6.61. The molecule has 0 aliphatic heterocycles. The Kier molecular flexibility index (Phi) is 2.69. The molecule has 1 aromatic carbocycles. The fourth-order valence-electron chi connectivity index (χ4n) is 1.82. The molecule has 0 N–H and O–H groups in total. The number of rotatable bonds is 1. The fraction of sp³-hybridized carbons (Fsp3) is 0.0769. The van der Waals surface area contributed by atoms with Crippen molar-refractivity contribution in [3.05, 3.63) is 51.3 Å². The van der Waals surface area contributed by atoms with Crippen LogP contribution in [0.3, 0.4) is 0 Å². The van der Waals surface area contributed by atoms with E-state index in [1.807, 2.05) is 29.6 Å². The number of halogens is 1. The summed E-state index contributed by atoms with van der Waals surface area (Å²) in [7, 11) is 1.70. The number of aromatic nitrogens is 2. The van der Waals surface area contributed by atoms with Gasteiger partial charge in [-0.15, -0.1) is 11.3 Å². The van der Waals surface area contributed by atoms with Crippen LogP contribution in [-0.4, -0.2) is 9.55 Å². The van der Waals surface area contributed by atoms with E-state index in [0.29, 0.717) is 9.72 Å². The molecule has 0 saturated heterocycles. The van der Waals surface area contributed by atoms with Crippen molar-refractivity contribution < 1.29 is 0 Å². The van der Waals surface area contributed by atoms with E-state index >= 15 is 0 Å². The number of benzene rings is 1. The number of aryl methyl sites for hydroxylation is 1. The minimum absolute atomic E-state index is 0.00906. The van der Waals surface area contributed by atoms with Crippen molar-refractivity contribution >= 4 is 33.2 Å². The van der Waals surface area contributed by atoms with Crippen LogP contribution in [0.4, 0.5) is 0 Å². The Labute approximate surface area is 112 Å². The van der Waals surface area contributed by atoms with E-state index in [9.17, 15) is 4.79 Å². The molecule has 90 valence electrons. The van der Waals surface area contributed by atoms with Crippen molar-refractivity contribution in [2.75, 3.05) is 0 Å². The van der Waals surface area contributed by atoms with Gasteiger partial charge in [-0.2, -0.15) is 0 Å². The summed E-state index contributed by atoms with van der Waals surface area (Å²) in [6.45, 7) is 0. The van der Waals surface area contributed by atoms with Gasteiger partial charge in [0.05, 0.1) is 11.8 Å². The van der Waals surface area contributed by atoms with E-state index in [0.717, 1.165) is 16.6 Å². The summed E-state index contributed by atoms with van der Waals surface area (Å²) >= 11 is 7.30. The molecule has 0 amide bonds. The maximum atomic E-state index is 11.9. The van der Waals surface area contributed by atoms with Gasteiger partial charge in [0.25, 0.3) is 5.56 Å². The van der Waals surface area contributed by atoms with Crippen LogP contribution >= 0.6 is 22.9 Å². The Bertz CT molecular complexity index is 774. The first-order chi connectivity index (χ1) is 8.66. The smallest absolute Gasteiger partial charge is 0.271 e. The molecule has 3 aromatic rings. The molecule has 0 aliphatic carbocycles. The van der Waals surface area contributed by atoms with Crippen molar-refractivity contribution in [1.29, 1.82) is 0 Å². The molecule has 0 aliphatic rings. The zero-order chi connectivity index (χ0) is 12.7. The van der Waals surface area contributed by atoms with Gasteiger partial charge >= 0.3 is 0 Å². The van der Waals surface area contributed by atoms with Gasteiger partial charge in [0.15, 0.2) is 0 Å². The lowest BCUT2D eigenvalue weighted by Gasteiger charge is -2.00. The summed E-state index contributed by atoms with van der Waals surface area (Å²) < 4.78 is 2.18. The maximum Gasteiger partial charge on any atom is 0.271 e. The molecule has 3 rings (SSSR count). The first kappa shape index (κ1) is 11.4. The van der Waals surface area contributed by atoms with Crippen molar-refractivity contribution in [1.82, 2.24) is 9.55 Å². The molecule has 0 bridgehead atoms. The summed E-state index contributed by atoms with van der Waals surface area (Å²) in [5.41, 5.74) is 2.74. The lowest BCUT2D eigenvalue weighted by Crippen LogP contribution is -2.15. The molecule has 2 aromatic heterocycles. The van der Waals surface area contributed by atoms with Gasteiger partial charge in [0.2, 0.25) is 0 Å². The van der Waals surface area contributed by atoms with Gasteiger partial charge in [-0.3, -0.25) is 4.79 Å². The van der Waals surface area contributed by atoms with Gasteiger partial charge in [-0.25, -0.2) is 4.98 Å². The second kappa shape index (κ2) is 4.23. The number of nitrogens with zero attached hydrogens (tertiary/aromatic N) is 2. The lowest BCUT2D eigenvalue weighted by molar-refractivity contribution is 0.845. The highest BCUT2D eigenvalue weighted by Gasteiger charge is 2.11. The van der Waals surface area contributed by atoms with Gasteiger partial charge in [0, 0.05) is 23.0 Å². The van der Waals surface area contributed by atoms with Crippen molar-refractivity contribution in [2.24, 2.45) is 7.05 Å². The Hall–Kier alpha value is -1.65. The molecule has 3 nitrogen and oxygen atoms in total. The minimum Gasteiger partial charge on any atom is -0.301 e. The van der Waals surface area contributed by atoms with Crippen LogP contribution in [0.1, 0.15) is 0 Å². The van der Waals surface area contributed by atoms with Crippen LogP contribution in [0.15, 0.2) is 40.8 Å². The van der Waals surface area contributed by atoms with E-state index < -0.39 is 0 Å².